The summed E-state index contributed by atoms with van der Waals surface area (Å²) in [6.45, 7) is 7.17. The minimum Gasteiger partial charge on any atom is -0.455 e. The maximum Gasteiger partial charge on any atom is 0.143 e. The van der Waals surface area contributed by atoms with Crippen LogP contribution in [0.25, 0.3) is 32.7 Å². The molecule has 0 unspecified atom stereocenters. The zero-order valence-corrected chi connectivity index (χ0v) is 20.7. The van der Waals surface area contributed by atoms with E-state index in [0.717, 1.165) is 44.4 Å². The van der Waals surface area contributed by atoms with E-state index in [1.165, 1.54) is 10.6 Å². The average molecular weight is 458 g/mol. The number of hydrogen-bond donors (Lipinski definition) is 0. The third-order valence-electron chi connectivity index (χ3n) is 6.61. The SMILES string of the molecule is C[Si](C)(C)c1ccc(N(c2ccccc2)c2cc3c4ccccc4oc3c3ccccc23)cc1. The van der Waals surface area contributed by atoms with Crippen molar-refractivity contribution in [2.75, 3.05) is 4.90 Å². The van der Waals surface area contributed by atoms with Gasteiger partial charge in [0.15, 0.2) is 0 Å². The van der Waals surface area contributed by atoms with Gasteiger partial charge < -0.3 is 9.32 Å². The third-order valence-corrected chi connectivity index (χ3v) is 8.67. The molecule has 0 aliphatic rings. The van der Waals surface area contributed by atoms with E-state index in [2.05, 4.69) is 122 Å². The summed E-state index contributed by atoms with van der Waals surface area (Å²) in [6, 6.07) is 39.0. The van der Waals surface area contributed by atoms with Crippen LogP contribution in [0.2, 0.25) is 19.6 Å². The van der Waals surface area contributed by atoms with Crippen molar-refractivity contribution < 1.29 is 4.42 Å². The maximum atomic E-state index is 6.35. The van der Waals surface area contributed by atoms with Gasteiger partial charge in [-0.3, -0.25) is 0 Å². The second-order valence-electron chi connectivity index (χ2n) is 9.88. The number of fused-ring (bicyclic) bond motifs is 5. The minimum absolute atomic E-state index is 0.922. The van der Waals surface area contributed by atoms with E-state index in [1.54, 1.807) is 0 Å². The van der Waals surface area contributed by atoms with E-state index in [-0.39, 0.29) is 0 Å². The largest absolute Gasteiger partial charge is 0.455 e. The fourth-order valence-electron chi connectivity index (χ4n) is 4.83. The van der Waals surface area contributed by atoms with Gasteiger partial charge in [-0.15, -0.1) is 0 Å². The molecule has 0 saturated heterocycles. The molecule has 0 radical (unpaired) electrons. The van der Waals surface area contributed by atoms with Crippen LogP contribution in [0.1, 0.15) is 0 Å². The third kappa shape index (κ3) is 3.41. The van der Waals surface area contributed by atoms with Crippen LogP contribution in [0.3, 0.4) is 0 Å². The smallest absolute Gasteiger partial charge is 0.143 e. The van der Waals surface area contributed by atoms with E-state index in [0.29, 0.717) is 0 Å². The van der Waals surface area contributed by atoms with Crippen molar-refractivity contribution in [3.63, 3.8) is 0 Å². The van der Waals surface area contributed by atoms with Crippen molar-refractivity contribution in [3.8, 4) is 0 Å². The molecule has 1 aromatic heterocycles. The second-order valence-corrected chi connectivity index (χ2v) is 15.0. The summed E-state index contributed by atoms with van der Waals surface area (Å²) < 4.78 is 6.35. The van der Waals surface area contributed by atoms with Crippen LogP contribution in [0.15, 0.2) is 114 Å². The van der Waals surface area contributed by atoms with Crippen LogP contribution < -0.4 is 10.1 Å². The second kappa shape index (κ2) is 7.89. The van der Waals surface area contributed by atoms with Gasteiger partial charge in [0, 0.05) is 32.9 Å². The summed E-state index contributed by atoms with van der Waals surface area (Å²) >= 11 is 0. The first-order valence-corrected chi connectivity index (χ1v) is 15.3. The van der Waals surface area contributed by atoms with Gasteiger partial charge in [-0.25, -0.2) is 0 Å². The number of benzene rings is 5. The molecule has 0 saturated carbocycles. The highest BCUT2D eigenvalue weighted by Gasteiger charge is 2.21. The Labute approximate surface area is 201 Å². The van der Waals surface area contributed by atoms with Crippen molar-refractivity contribution in [3.05, 3.63) is 109 Å². The Morgan fingerprint density at radius 2 is 1.15 bits per heavy atom. The molecule has 5 aromatic carbocycles. The number of furan rings is 1. The zero-order chi connectivity index (χ0) is 23.3. The van der Waals surface area contributed by atoms with Crippen molar-refractivity contribution in [1.82, 2.24) is 0 Å². The van der Waals surface area contributed by atoms with Crippen LogP contribution >= 0.6 is 0 Å². The Morgan fingerprint density at radius 3 is 1.85 bits per heavy atom. The predicted octanol–water partition coefficient (Wildman–Crippen LogP) is 8.75. The quantitative estimate of drug-likeness (QED) is 0.246. The van der Waals surface area contributed by atoms with E-state index >= 15 is 0 Å². The topological polar surface area (TPSA) is 16.4 Å². The first-order chi connectivity index (χ1) is 16.5. The summed E-state index contributed by atoms with van der Waals surface area (Å²) in [6.07, 6.45) is 0. The Bertz CT molecular complexity index is 1630. The van der Waals surface area contributed by atoms with Crippen molar-refractivity contribution in [2.45, 2.75) is 19.6 Å². The van der Waals surface area contributed by atoms with Crippen molar-refractivity contribution >= 4 is 63.0 Å². The van der Waals surface area contributed by atoms with Gasteiger partial charge in [-0.1, -0.05) is 97.6 Å². The normalized spacial score (nSPS) is 12.0. The molecule has 0 aliphatic carbocycles. The molecular formula is C31H27NOSi. The standard InChI is InChI=1S/C31H27NOSi/c1-34(2,3)24-19-17-23(18-20-24)32(22-11-5-4-6-12-22)29-21-28-26-14-9-10-16-30(26)33-31(28)27-15-8-7-13-25(27)29/h4-21H,1-3H3. The van der Waals surface area contributed by atoms with E-state index in [1.807, 2.05) is 12.1 Å². The Morgan fingerprint density at radius 1 is 0.559 bits per heavy atom. The Hall–Kier alpha value is -3.82. The minimum atomic E-state index is -1.38. The van der Waals surface area contributed by atoms with Gasteiger partial charge in [-0.05, 0) is 36.4 Å². The number of para-hydroxylation sites is 2. The summed E-state index contributed by atoms with van der Waals surface area (Å²) in [7, 11) is -1.38. The lowest BCUT2D eigenvalue weighted by Crippen LogP contribution is -2.37. The lowest BCUT2D eigenvalue weighted by atomic mass is 10.0. The molecule has 0 atom stereocenters. The lowest BCUT2D eigenvalue weighted by Gasteiger charge is -2.28. The van der Waals surface area contributed by atoms with Gasteiger partial charge >= 0.3 is 0 Å². The van der Waals surface area contributed by atoms with Crippen molar-refractivity contribution in [2.24, 2.45) is 0 Å². The molecule has 166 valence electrons. The zero-order valence-electron chi connectivity index (χ0n) is 19.7. The monoisotopic (exact) mass is 457 g/mol. The van der Waals surface area contributed by atoms with Gasteiger partial charge in [0.2, 0.25) is 0 Å². The highest BCUT2D eigenvalue weighted by atomic mass is 28.3. The molecule has 0 bridgehead atoms. The molecule has 0 aliphatic heterocycles. The average Bonchev–Trinajstić information content (AvgIpc) is 3.24. The fraction of sp³-hybridized carbons (Fsp3) is 0.0968. The van der Waals surface area contributed by atoms with Crippen molar-refractivity contribution in [1.29, 1.82) is 0 Å². The van der Waals surface area contributed by atoms with Crippen LogP contribution in [-0.4, -0.2) is 8.07 Å². The molecular weight excluding hydrogens is 430 g/mol. The molecule has 2 nitrogen and oxygen atoms in total. The molecule has 0 amide bonds. The fourth-order valence-corrected chi connectivity index (χ4v) is 5.99. The number of hydrogen-bond acceptors (Lipinski definition) is 2. The van der Waals surface area contributed by atoms with E-state index < -0.39 is 8.07 Å². The molecule has 34 heavy (non-hydrogen) atoms. The van der Waals surface area contributed by atoms with Crippen LogP contribution in [0, 0.1) is 0 Å². The number of anilines is 3. The Kier molecular flexibility index (Phi) is 4.82. The predicted molar refractivity (Wildman–Crippen MR) is 149 cm³/mol. The number of nitrogens with zero attached hydrogens (tertiary/aromatic N) is 1. The molecule has 3 heteroatoms. The lowest BCUT2D eigenvalue weighted by molar-refractivity contribution is 0.672. The summed E-state index contributed by atoms with van der Waals surface area (Å²) in [4.78, 5) is 2.37. The summed E-state index contributed by atoms with van der Waals surface area (Å²) in [5, 5.41) is 6.05. The first-order valence-electron chi connectivity index (χ1n) is 11.8. The molecule has 0 N–H and O–H groups in total. The first kappa shape index (κ1) is 20.8. The van der Waals surface area contributed by atoms with Crippen LogP contribution in [0.5, 0.6) is 0 Å². The Balaban J connectivity index is 1.67. The van der Waals surface area contributed by atoms with Gasteiger partial charge in [0.1, 0.15) is 11.2 Å². The molecule has 0 spiro atoms. The maximum absolute atomic E-state index is 6.35. The van der Waals surface area contributed by atoms with Crippen LogP contribution in [-0.2, 0) is 0 Å². The molecule has 0 fully saturated rings. The van der Waals surface area contributed by atoms with E-state index in [4.69, 9.17) is 4.42 Å². The number of rotatable bonds is 4. The van der Waals surface area contributed by atoms with Gasteiger partial charge in [-0.2, -0.15) is 0 Å². The summed E-state index contributed by atoms with van der Waals surface area (Å²) in [5.74, 6) is 0. The summed E-state index contributed by atoms with van der Waals surface area (Å²) in [5.41, 5.74) is 5.32. The highest BCUT2D eigenvalue weighted by molar-refractivity contribution is 6.88. The van der Waals surface area contributed by atoms with Gasteiger partial charge in [0.25, 0.3) is 0 Å². The van der Waals surface area contributed by atoms with E-state index in [9.17, 15) is 0 Å². The molecule has 6 aromatic rings. The highest BCUT2D eigenvalue weighted by Crippen LogP contribution is 2.44. The molecule has 6 rings (SSSR count). The van der Waals surface area contributed by atoms with Gasteiger partial charge in [0.05, 0.1) is 13.8 Å². The van der Waals surface area contributed by atoms with Crippen LogP contribution in [0.4, 0.5) is 17.1 Å². The molecule has 1 heterocycles.